The summed E-state index contributed by atoms with van der Waals surface area (Å²) in [6.07, 6.45) is 0. The molecule has 1 aromatic carbocycles. The summed E-state index contributed by atoms with van der Waals surface area (Å²) in [6.45, 7) is 5.05. The number of hydrogen-bond donors (Lipinski definition) is 1. The fourth-order valence-corrected chi connectivity index (χ4v) is 2.11. The molecule has 4 heteroatoms. The lowest BCUT2D eigenvalue weighted by Crippen LogP contribution is -2.63. The Bertz CT molecular complexity index is 394. The number of hydrogen-bond acceptors (Lipinski definition) is 2. The van der Waals surface area contributed by atoms with E-state index in [0.717, 1.165) is 0 Å². The molecule has 1 aromatic rings. The lowest BCUT2D eigenvalue weighted by Gasteiger charge is -2.49. The summed E-state index contributed by atoms with van der Waals surface area (Å²) in [5.74, 6) is -0.890. The van der Waals surface area contributed by atoms with Crippen LogP contribution in [0.2, 0.25) is 0 Å². The Morgan fingerprint density at radius 3 is 2.29 bits per heavy atom. The summed E-state index contributed by atoms with van der Waals surface area (Å²) in [4.78, 5) is 1.85. The van der Waals surface area contributed by atoms with Gasteiger partial charge >= 0.3 is 0 Å². The zero-order valence-corrected chi connectivity index (χ0v) is 10.1. The molecule has 1 heterocycles. The zero-order valence-electron chi connectivity index (χ0n) is 10.1. The van der Waals surface area contributed by atoms with Crippen molar-refractivity contribution in [2.45, 2.75) is 26.0 Å². The van der Waals surface area contributed by atoms with E-state index in [2.05, 4.69) is 0 Å². The molecule has 0 saturated carbocycles. The van der Waals surface area contributed by atoms with Crippen LogP contribution in [0.25, 0.3) is 0 Å². The van der Waals surface area contributed by atoms with Crippen LogP contribution in [0.1, 0.15) is 19.4 Å². The second kappa shape index (κ2) is 4.35. The average Bonchev–Trinajstić information content (AvgIpc) is 2.20. The summed E-state index contributed by atoms with van der Waals surface area (Å²) < 4.78 is 26.8. The monoisotopic (exact) mass is 241 g/mol. The Kier molecular flexibility index (Phi) is 3.19. The predicted molar refractivity (Wildman–Crippen MR) is 61.4 cm³/mol. The van der Waals surface area contributed by atoms with Gasteiger partial charge in [-0.3, -0.25) is 4.90 Å². The van der Waals surface area contributed by atoms with Gasteiger partial charge in [0.05, 0.1) is 5.60 Å². The Morgan fingerprint density at radius 2 is 1.82 bits per heavy atom. The standard InChI is InChI=1S/C13H17F2NO/c1-9(2)13(17)7-16(8-13)6-10-11(14)4-3-5-12(10)15/h3-5,9,17H,6-8H2,1-2H3. The van der Waals surface area contributed by atoms with Crippen molar-refractivity contribution < 1.29 is 13.9 Å². The molecule has 1 aliphatic rings. The minimum atomic E-state index is -0.707. The fraction of sp³-hybridized carbons (Fsp3) is 0.538. The van der Waals surface area contributed by atoms with E-state index in [-0.39, 0.29) is 18.0 Å². The molecule has 1 aliphatic heterocycles. The molecular weight excluding hydrogens is 224 g/mol. The summed E-state index contributed by atoms with van der Waals surface area (Å²) in [5.41, 5.74) is -0.625. The van der Waals surface area contributed by atoms with Gasteiger partial charge < -0.3 is 5.11 Å². The van der Waals surface area contributed by atoms with E-state index in [4.69, 9.17) is 0 Å². The highest BCUT2D eigenvalue weighted by Crippen LogP contribution is 2.30. The van der Waals surface area contributed by atoms with E-state index in [1.807, 2.05) is 18.7 Å². The van der Waals surface area contributed by atoms with Gasteiger partial charge in [0.25, 0.3) is 0 Å². The molecule has 94 valence electrons. The van der Waals surface area contributed by atoms with Crippen molar-refractivity contribution in [2.75, 3.05) is 13.1 Å². The van der Waals surface area contributed by atoms with E-state index in [9.17, 15) is 13.9 Å². The van der Waals surface area contributed by atoms with Crippen LogP contribution in [0.4, 0.5) is 8.78 Å². The van der Waals surface area contributed by atoms with Crippen LogP contribution in [0, 0.1) is 17.6 Å². The lowest BCUT2D eigenvalue weighted by atomic mass is 9.83. The maximum Gasteiger partial charge on any atom is 0.130 e. The average molecular weight is 241 g/mol. The lowest BCUT2D eigenvalue weighted by molar-refractivity contribution is -0.131. The smallest absolute Gasteiger partial charge is 0.130 e. The van der Waals surface area contributed by atoms with Gasteiger partial charge in [0.1, 0.15) is 11.6 Å². The number of halogens is 2. The van der Waals surface area contributed by atoms with Gasteiger partial charge in [-0.05, 0) is 18.1 Å². The first-order valence-electron chi connectivity index (χ1n) is 5.80. The zero-order chi connectivity index (χ0) is 12.6. The number of β-amino-alcohol motifs (C(OH)–C–C–N with tert-alkyl or cyclic N) is 1. The Labute approximate surface area is 99.9 Å². The van der Waals surface area contributed by atoms with Crippen molar-refractivity contribution in [1.29, 1.82) is 0 Å². The summed E-state index contributed by atoms with van der Waals surface area (Å²) in [5, 5.41) is 10.0. The molecule has 0 spiro atoms. The predicted octanol–water partition coefficient (Wildman–Crippen LogP) is 2.17. The van der Waals surface area contributed by atoms with Gasteiger partial charge in [0.2, 0.25) is 0 Å². The van der Waals surface area contributed by atoms with Gasteiger partial charge in [-0.15, -0.1) is 0 Å². The van der Waals surface area contributed by atoms with Crippen molar-refractivity contribution in [3.8, 4) is 0 Å². The van der Waals surface area contributed by atoms with E-state index >= 15 is 0 Å². The van der Waals surface area contributed by atoms with E-state index < -0.39 is 17.2 Å². The molecule has 0 bridgehead atoms. The van der Waals surface area contributed by atoms with Crippen LogP contribution in [0.15, 0.2) is 18.2 Å². The minimum absolute atomic E-state index is 0.0818. The van der Waals surface area contributed by atoms with Crippen LogP contribution < -0.4 is 0 Å². The summed E-state index contributed by atoms with van der Waals surface area (Å²) in [6, 6.07) is 3.87. The van der Waals surface area contributed by atoms with Crippen molar-refractivity contribution in [3.05, 3.63) is 35.4 Å². The first-order valence-corrected chi connectivity index (χ1v) is 5.80. The first kappa shape index (κ1) is 12.5. The molecule has 0 aliphatic carbocycles. The van der Waals surface area contributed by atoms with Crippen molar-refractivity contribution in [3.63, 3.8) is 0 Å². The quantitative estimate of drug-likeness (QED) is 0.876. The molecule has 0 radical (unpaired) electrons. The highest BCUT2D eigenvalue weighted by Gasteiger charge is 2.43. The van der Waals surface area contributed by atoms with E-state index in [1.54, 1.807) is 0 Å². The van der Waals surface area contributed by atoms with Gasteiger partial charge in [-0.25, -0.2) is 8.78 Å². The van der Waals surface area contributed by atoms with E-state index in [1.165, 1.54) is 18.2 Å². The second-order valence-electron chi connectivity index (χ2n) is 5.10. The van der Waals surface area contributed by atoms with Crippen molar-refractivity contribution >= 4 is 0 Å². The van der Waals surface area contributed by atoms with Crippen LogP contribution >= 0.6 is 0 Å². The highest BCUT2D eigenvalue weighted by atomic mass is 19.1. The number of aliphatic hydroxyl groups is 1. The first-order chi connectivity index (χ1) is 7.92. The third-order valence-corrected chi connectivity index (χ3v) is 3.51. The maximum absolute atomic E-state index is 13.4. The maximum atomic E-state index is 13.4. The molecule has 1 saturated heterocycles. The number of likely N-dealkylation sites (tertiary alicyclic amines) is 1. The van der Waals surface area contributed by atoms with Gasteiger partial charge in [0.15, 0.2) is 0 Å². The largest absolute Gasteiger partial charge is 0.387 e. The SMILES string of the molecule is CC(C)C1(O)CN(Cc2c(F)cccc2F)C1. The summed E-state index contributed by atoms with van der Waals surface area (Å²) in [7, 11) is 0. The Hall–Kier alpha value is -1.00. The molecule has 0 aromatic heterocycles. The van der Waals surface area contributed by atoms with Gasteiger partial charge in [-0.1, -0.05) is 19.9 Å². The molecule has 0 atom stereocenters. The Balaban J connectivity index is 2.01. The van der Waals surface area contributed by atoms with Crippen LogP contribution in [0.5, 0.6) is 0 Å². The third-order valence-electron chi connectivity index (χ3n) is 3.51. The van der Waals surface area contributed by atoms with E-state index in [0.29, 0.717) is 13.1 Å². The second-order valence-corrected chi connectivity index (χ2v) is 5.10. The van der Waals surface area contributed by atoms with Crippen LogP contribution in [-0.4, -0.2) is 28.7 Å². The molecule has 17 heavy (non-hydrogen) atoms. The summed E-state index contributed by atoms with van der Waals surface area (Å²) >= 11 is 0. The van der Waals surface area contributed by atoms with Crippen molar-refractivity contribution in [2.24, 2.45) is 5.92 Å². The third kappa shape index (κ3) is 2.33. The molecule has 1 N–H and O–H groups in total. The number of benzene rings is 1. The molecule has 2 nitrogen and oxygen atoms in total. The molecule has 0 amide bonds. The number of rotatable bonds is 3. The minimum Gasteiger partial charge on any atom is -0.387 e. The topological polar surface area (TPSA) is 23.5 Å². The van der Waals surface area contributed by atoms with Crippen LogP contribution in [-0.2, 0) is 6.54 Å². The molecule has 0 unspecified atom stereocenters. The Morgan fingerprint density at radius 1 is 1.29 bits per heavy atom. The normalized spacial score (nSPS) is 19.4. The highest BCUT2D eigenvalue weighted by molar-refractivity contribution is 5.20. The van der Waals surface area contributed by atoms with Gasteiger partial charge in [0, 0.05) is 25.2 Å². The van der Waals surface area contributed by atoms with Crippen LogP contribution in [0.3, 0.4) is 0 Å². The van der Waals surface area contributed by atoms with Crippen molar-refractivity contribution in [1.82, 2.24) is 4.90 Å². The molecule has 2 rings (SSSR count). The molecule has 1 fully saturated rings. The molecular formula is C13H17F2NO. The number of nitrogens with zero attached hydrogens (tertiary/aromatic N) is 1. The fourth-order valence-electron chi connectivity index (χ4n) is 2.11. The van der Waals surface area contributed by atoms with Gasteiger partial charge in [-0.2, -0.15) is 0 Å².